The average molecular weight is 251 g/mol. The first-order chi connectivity index (χ1) is 8.50. The van der Waals surface area contributed by atoms with Gasteiger partial charge in [-0.3, -0.25) is 9.78 Å². The zero-order chi connectivity index (χ0) is 13.2. The topological polar surface area (TPSA) is 30.0 Å². The lowest BCUT2D eigenvalue weighted by molar-refractivity contribution is -0.141. The Bertz CT molecular complexity index is 561. The van der Waals surface area contributed by atoms with Crippen LogP contribution < -0.4 is 0 Å². The number of benzene rings is 1. The molecule has 0 fully saturated rings. The van der Waals surface area contributed by atoms with Crippen LogP contribution in [0.1, 0.15) is 16.1 Å². The number of aromatic nitrogens is 1. The number of halogens is 3. The molecule has 0 N–H and O–H groups in total. The fraction of sp³-hybridized carbons (Fsp3) is 0.0769. The van der Waals surface area contributed by atoms with E-state index < -0.39 is 11.9 Å². The number of alkyl halides is 3. The van der Waals surface area contributed by atoms with Crippen molar-refractivity contribution in [1.82, 2.24) is 4.98 Å². The third-order valence-corrected chi connectivity index (χ3v) is 2.41. The summed E-state index contributed by atoms with van der Waals surface area (Å²) in [5.41, 5.74) is 0.720. The van der Waals surface area contributed by atoms with Crippen LogP contribution in [0.25, 0.3) is 11.1 Å². The number of hydrogen-bond donors (Lipinski definition) is 0. The molecule has 92 valence electrons. The quantitative estimate of drug-likeness (QED) is 0.763. The molecule has 0 aliphatic carbocycles. The van der Waals surface area contributed by atoms with Crippen LogP contribution >= 0.6 is 0 Å². The van der Waals surface area contributed by atoms with Gasteiger partial charge in [0.15, 0.2) is 0 Å². The lowest BCUT2D eigenvalue weighted by atomic mass is 10.1. The van der Waals surface area contributed by atoms with E-state index in [0.29, 0.717) is 23.0 Å². The van der Waals surface area contributed by atoms with Gasteiger partial charge in [-0.25, -0.2) is 0 Å². The standard InChI is InChI=1S/C13H8F3NO/c14-13(15,16)12-5-4-11(7-17-12)10-3-1-2-9(6-10)8-18/h1-8H. The molecule has 18 heavy (non-hydrogen) atoms. The highest BCUT2D eigenvalue weighted by Gasteiger charge is 2.31. The molecule has 1 aromatic carbocycles. The lowest BCUT2D eigenvalue weighted by Crippen LogP contribution is -2.07. The Morgan fingerprint density at radius 2 is 1.83 bits per heavy atom. The maximum atomic E-state index is 12.3. The van der Waals surface area contributed by atoms with E-state index in [2.05, 4.69) is 4.98 Å². The van der Waals surface area contributed by atoms with E-state index >= 15 is 0 Å². The van der Waals surface area contributed by atoms with Crippen LogP contribution in [-0.2, 0) is 6.18 Å². The molecule has 2 nitrogen and oxygen atoms in total. The van der Waals surface area contributed by atoms with Crippen molar-refractivity contribution in [2.24, 2.45) is 0 Å². The first-order valence-corrected chi connectivity index (χ1v) is 5.09. The second-order valence-corrected chi connectivity index (χ2v) is 3.67. The summed E-state index contributed by atoms with van der Waals surface area (Å²) in [6, 6.07) is 8.84. The summed E-state index contributed by atoms with van der Waals surface area (Å²) in [6.45, 7) is 0. The molecule has 0 amide bonds. The van der Waals surface area contributed by atoms with E-state index in [1.807, 2.05) is 0 Å². The molecule has 2 rings (SSSR count). The molecule has 0 atom stereocenters. The van der Waals surface area contributed by atoms with Crippen LogP contribution in [0.15, 0.2) is 42.6 Å². The zero-order valence-electron chi connectivity index (χ0n) is 9.11. The summed E-state index contributed by atoms with van der Waals surface area (Å²) < 4.78 is 37.0. The molecule has 0 aliphatic heterocycles. The molecule has 1 heterocycles. The lowest BCUT2D eigenvalue weighted by Gasteiger charge is -2.06. The van der Waals surface area contributed by atoms with Gasteiger partial charge in [-0.2, -0.15) is 13.2 Å². The Hall–Kier alpha value is -2.17. The van der Waals surface area contributed by atoms with Crippen molar-refractivity contribution in [3.63, 3.8) is 0 Å². The summed E-state index contributed by atoms with van der Waals surface area (Å²) in [5, 5.41) is 0. The highest BCUT2D eigenvalue weighted by molar-refractivity contribution is 5.78. The predicted octanol–water partition coefficient (Wildman–Crippen LogP) is 3.58. The van der Waals surface area contributed by atoms with Gasteiger partial charge in [0, 0.05) is 17.3 Å². The second-order valence-electron chi connectivity index (χ2n) is 3.67. The van der Waals surface area contributed by atoms with Gasteiger partial charge in [0.2, 0.25) is 0 Å². The van der Waals surface area contributed by atoms with Crippen LogP contribution in [0.3, 0.4) is 0 Å². The third kappa shape index (κ3) is 2.56. The summed E-state index contributed by atoms with van der Waals surface area (Å²) >= 11 is 0. The predicted molar refractivity (Wildman–Crippen MR) is 60.1 cm³/mol. The highest BCUT2D eigenvalue weighted by atomic mass is 19.4. The van der Waals surface area contributed by atoms with Gasteiger partial charge in [-0.05, 0) is 17.7 Å². The molecule has 0 bridgehead atoms. The van der Waals surface area contributed by atoms with Crippen LogP contribution in [0.5, 0.6) is 0 Å². The van der Waals surface area contributed by atoms with Crippen molar-refractivity contribution in [2.75, 3.05) is 0 Å². The number of aldehydes is 1. The SMILES string of the molecule is O=Cc1cccc(-c2ccc(C(F)(F)F)nc2)c1. The molecule has 0 radical (unpaired) electrons. The number of carbonyl (C=O) groups is 1. The summed E-state index contributed by atoms with van der Waals surface area (Å²) in [4.78, 5) is 14.0. The minimum atomic E-state index is -4.44. The molecule has 0 aliphatic rings. The van der Waals surface area contributed by atoms with E-state index in [-0.39, 0.29) is 0 Å². The Labute approximate surface area is 101 Å². The van der Waals surface area contributed by atoms with Gasteiger partial charge in [-0.15, -0.1) is 0 Å². The summed E-state index contributed by atoms with van der Waals surface area (Å²) in [7, 11) is 0. The molecule has 1 aromatic heterocycles. The Morgan fingerprint density at radius 1 is 1.06 bits per heavy atom. The number of nitrogens with zero attached hydrogens (tertiary/aromatic N) is 1. The molecule has 0 saturated heterocycles. The van der Waals surface area contributed by atoms with Gasteiger partial charge in [-0.1, -0.05) is 24.3 Å². The third-order valence-electron chi connectivity index (χ3n) is 2.41. The first kappa shape index (κ1) is 12.3. The molecule has 2 aromatic rings. The zero-order valence-corrected chi connectivity index (χ0v) is 9.11. The minimum Gasteiger partial charge on any atom is -0.298 e. The van der Waals surface area contributed by atoms with E-state index in [9.17, 15) is 18.0 Å². The Kier molecular flexibility index (Phi) is 3.14. The maximum Gasteiger partial charge on any atom is 0.433 e. The number of rotatable bonds is 2. The van der Waals surface area contributed by atoms with Crippen LogP contribution in [0.4, 0.5) is 13.2 Å². The molecule has 0 spiro atoms. The molecule has 0 saturated carbocycles. The van der Waals surface area contributed by atoms with Crippen molar-refractivity contribution in [3.8, 4) is 11.1 Å². The number of hydrogen-bond acceptors (Lipinski definition) is 2. The van der Waals surface area contributed by atoms with Crippen molar-refractivity contribution in [3.05, 3.63) is 53.9 Å². The van der Waals surface area contributed by atoms with Gasteiger partial charge in [0.05, 0.1) is 0 Å². The van der Waals surface area contributed by atoms with Crippen molar-refractivity contribution in [2.45, 2.75) is 6.18 Å². The highest BCUT2D eigenvalue weighted by Crippen LogP contribution is 2.29. The average Bonchev–Trinajstić information content (AvgIpc) is 2.38. The van der Waals surface area contributed by atoms with Crippen LogP contribution in [0.2, 0.25) is 0 Å². The normalized spacial score (nSPS) is 11.3. The Balaban J connectivity index is 2.37. The van der Waals surface area contributed by atoms with Crippen molar-refractivity contribution < 1.29 is 18.0 Å². The van der Waals surface area contributed by atoms with Crippen molar-refractivity contribution >= 4 is 6.29 Å². The van der Waals surface area contributed by atoms with Gasteiger partial charge in [0.1, 0.15) is 12.0 Å². The second kappa shape index (κ2) is 4.60. The van der Waals surface area contributed by atoms with E-state index in [4.69, 9.17) is 0 Å². The summed E-state index contributed by atoms with van der Waals surface area (Å²) in [5.74, 6) is 0. The summed E-state index contributed by atoms with van der Waals surface area (Å²) in [6.07, 6.45) is -2.61. The first-order valence-electron chi connectivity index (χ1n) is 5.09. The van der Waals surface area contributed by atoms with E-state index in [1.165, 1.54) is 6.07 Å². The van der Waals surface area contributed by atoms with Crippen LogP contribution in [0, 0.1) is 0 Å². The van der Waals surface area contributed by atoms with Gasteiger partial charge in [0.25, 0.3) is 0 Å². The molecule has 5 heteroatoms. The van der Waals surface area contributed by atoms with Gasteiger partial charge >= 0.3 is 6.18 Å². The van der Waals surface area contributed by atoms with E-state index in [1.54, 1.807) is 24.3 Å². The van der Waals surface area contributed by atoms with Crippen molar-refractivity contribution in [1.29, 1.82) is 0 Å². The van der Waals surface area contributed by atoms with Gasteiger partial charge < -0.3 is 0 Å². The molecule has 0 unspecified atom stereocenters. The minimum absolute atomic E-state index is 0.465. The molecular weight excluding hydrogens is 243 g/mol. The molecular formula is C13H8F3NO. The largest absolute Gasteiger partial charge is 0.433 e. The van der Waals surface area contributed by atoms with Crippen LogP contribution in [-0.4, -0.2) is 11.3 Å². The fourth-order valence-corrected chi connectivity index (χ4v) is 1.52. The number of pyridine rings is 1. The fourth-order valence-electron chi connectivity index (χ4n) is 1.52. The monoisotopic (exact) mass is 251 g/mol. The van der Waals surface area contributed by atoms with E-state index in [0.717, 1.165) is 12.3 Å². The smallest absolute Gasteiger partial charge is 0.298 e. The maximum absolute atomic E-state index is 12.3. The Morgan fingerprint density at radius 3 is 2.39 bits per heavy atom. The number of carbonyl (C=O) groups excluding carboxylic acids is 1.